The molecule has 0 aliphatic heterocycles. The topological polar surface area (TPSA) is 77.1 Å². The molecule has 130 valence electrons. The molecule has 1 aromatic rings. The lowest BCUT2D eigenvalue weighted by Crippen LogP contribution is -2.25. The van der Waals surface area contributed by atoms with Crippen LogP contribution in [0.4, 0.5) is 0 Å². The number of hydrogen-bond acceptors (Lipinski definition) is 5. The van der Waals surface area contributed by atoms with Gasteiger partial charge in [-0.2, -0.15) is 10.5 Å². The van der Waals surface area contributed by atoms with Gasteiger partial charge < -0.3 is 9.64 Å². The zero-order valence-electron chi connectivity index (χ0n) is 14.5. The van der Waals surface area contributed by atoms with Gasteiger partial charge in [0.2, 0.25) is 0 Å². The molecule has 5 nitrogen and oxygen atoms in total. The molecular formula is C20H23N3O2. The highest BCUT2D eigenvalue weighted by molar-refractivity contribution is 5.72. The summed E-state index contributed by atoms with van der Waals surface area (Å²) in [5.41, 5.74) is 0.988. The summed E-state index contributed by atoms with van der Waals surface area (Å²) in [4.78, 5) is 13.9. The van der Waals surface area contributed by atoms with Crippen LogP contribution in [0.1, 0.15) is 25.3 Å². The molecule has 0 N–H and O–H groups in total. The monoisotopic (exact) mass is 337 g/mol. The number of allylic oxidation sites excluding steroid dienone is 3. The number of rotatable bonds is 10. The highest BCUT2D eigenvalue weighted by atomic mass is 16.5. The summed E-state index contributed by atoms with van der Waals surface area (Å²) in [6.07, 6.45) is 7.28. The summed E-state index contributed by atoms with van der Waals surface area (Å²) in [5.74, 6) is -0.248. The van der Waals surface area contributed by atoms with Crippen molar-refractivity contribution in [2.24, 2.45) is 0 Å². The van der Waals surface area contributed by atoms with E-state index in [4.69, 9.17) is 15.3 Å². The first kappa shape index (κ1) is 20.0. The lowest BCUT2D eigenvalue weighted by molar-refractivity contribution is -0.143. The van der Waals surface area contributed by atoms with Gasteiger partial charge in [0.1, 0.15) is 24.3 Å². The van der Waals surface area contributed by atoms with E-state index < -0.39 is 0 Å². The average molecular weight is 337 g/mol. The summed E-state index contributed by atoms with van der Waals surface area (Å²) in [5, 5.41) is 17.4. The van der Waals surface area contributed by atoms with Crippen LogP contribution < -0.4 is 0 Å². The molecule has 0 spiro atoms. The normalized spacial score (nSPS) is 9.88. The second-order valence-corrected chi connectivity index (χ2v) is 5.42. The Balaban J connectivity index is 2.46. The number of carbonyl (C=O) groups is 1. The molecule has 0 atom stereocenters. The SMILES string of the molecule is CCCCN(/C=C/C=C(C#N)C#N)CCOC(=O)Cc1ccccc1. The second kappa shape index (κ2) is 12.4. The molecule has 0 radical (unpaired) electrons. The van der Waals surface area contributed by atoms with Crippen LogP contribution in [0.15, 0.2) is 54.3 Å². The molecule has 0 heterocycles. The van der Waals surface area contributed by atoms with E-state index in [1.54, 1.807) is 6.08 Å². The van der Waals surface area contributed by atoms with Gasteiger partial charge in [0.15, 0.2) is 0 Å². The number of ether oxygens (including phenoxy) is 1. The van der Waals surface area contributed by atoms with Crippen LogP contribution in [0.5, 0.6) is 0 Å². The lowest BCUT2D eigenvalue weighted by atomic mass is 10.2. The van der Waals surface area contributed by atoms with E-state index in [1.807, 2.05) is 53.6 Å². The van der Waals surface area contributed by atoms with Crippen LogP contribution >= 0.6 is 0 Å². The Morgan fingerprint density at radius 1 is 1.20 bits per heavy atom. The fourth-order valence-electron chi connectivity index (χ4n) is 2.07. The highest BCUT2D eigenvalue weighted by Gasteiger charge is 2.05. The number of nitriles is 2. The Hall–Kier alpha value is -3.05. The molecule has 0 saturated heterocycles. The van der Waals surface area contributed by atoms with Gasteiger partial charge in [-0.1, -0.05) is 43.7 Å². The van der Waals surface area contributed by atoms with Gasteiger partial charge in [0.25, 0.3) is 0 Å². The number of nitrogens with zero attached hydrogens (tertiary/aromatic N) is 3. The van der Waals surface area contributed by atoms with Crippen LogP contribution in [0.25, 0.3) is 0 Å². The third-order valence-corrected chi connectivity index (χ3v) is 3.43. The van der Waals surface area contributed by atoms with Crippen molar-refractivity contribution in [3.05, 3.63) is 59.8 Å². The van der Waals surface area contributed by atoms with E-state index in [1.165, 1.54) is 6.08 Å². The number of hydrogen-bond donors (Lipinski definition) is 0. The van der Waals surface area contributed by atoms with Gasteiger partial charge in [0.05, 0.1) is 13.0 Å². The van der Waals surface area contributed by atoms with Gasteiger partial charge >= 0.3 is 5.97 Å². The number of carbonyl (C=O) groups excluding carboxylic acids is 1. The van der Waals surface area contributed by atoms with E-state index in [0.29, 0.717) is 13.2 Å². The predicted molar refractivity (Wildman–Crippen MR) is 96.0 cm³/mol. The van der Waals surface area contributed by atoms with Crippen molar-refractivity contribution in [2.45, 2.75) is 26.2 Å². The fourth-order valence-corrected chi connectivity index (χ4v) is 2.07. The smallest absolute Gasteiger partial charge is 0.310 e. The van der Waals surface area contributed by atoms with Crippen molar-refractivity contribution in [1.29, 1.82) is 10.5 Å². The third kappa shape index (κ3) is 8.98. The van der Waals surface area contributed by atoms with Crippen molar-refractivity contribution in [3.63, 3.8) is 0 Å². The van der Waals surface area contributed by atoms with Crippen molar-refractivity contribution in [1.82, 2.24) is 4.90 Å². The van der Waals surface area contributed by atoms with E-state index in [0.717, 1.165) is 24.9 Å². The minimum Gasteiger partial charge on any atom is -0.464 e. The minimum atomic E-state index is -0.248. The Bertz CT molecular complexity index is 650. The van der Waals surface area contributed by atoms with E-state index in [2.05, 4.69) is 6.92 Å². The maximum atomic E-state index is 11.8. The molecule has 0 aliphatic rings. The molecule has 5 heteroatoms. The first-order valence-electron chi connectivity index (χ1n) is 8.32. The first-order valence-corrected chi connectivity index (χ1v) is 8.32. The standard InChI is InChI=1S/C20H23N3O2/c1-2-3-11-23(12-7-10-19(16-21)17-22)13-14-25-20(24)15-18-8-5-4-6-9-18/h4-10,12H,2-3,11,13-15H2,1H3/b12-7+. The van der Waals surface area contributed by atoms with E-state index >= 15 is 0 Å². The van der Waals surface area contributed by atoms with Crippen molar-refractivity contribution < 1.29 is 9.53 Å². The summed E-state index contributed by atoms with van der Waals surface area (Å²) < 4.78 is 5.29. The van der Waals surface area contributed by atoms with Gasteiger partial charge in [-0.15, -0.1) is 0 Å². The molecule has 0 aromatic heterocycles. The summed E-state index contributed by atoms with van der Waals surface area (Å²) in [6, 6.07) is 13.1. The summed E-state index contributed by atoms with van der Waals surface area (Å²) >= 11 is 0. The maximum absolute atomic E-state index is 11.8. The molecule has 0 amide bonds. The van der Waals surface area contributed by atoms with Crippen LogP contribution in [0.3, 0.4) is 0 Å². The summed E-state index contributed by atoms with van der Waals surface area (Å²) in [6.45, 7) is 3.79. The number of benzene rings is 1. The largest absolute Gasteiger partial charge is 0.464 e. The Morgan fingerprint density at radius 2 is 1.92 bits per heavy atom. The second-order valence-electron chi connectivity index (χ2n) is 5.42. The molecule has 0 bridgehead atoms. The molecule has 0 saturated carbocycles. The summed E-state index contributed by atoms with van der Waals surface area (Å²) in [7, 11) is 0. The van der Waals surface area contributed by atoms with Gasteiger partial charge in [-0.25, -0.2) is 0 Å². The fraction of sp³-hybridized carbons (Fsp3) is 0.350. The molecule has 0 unspecified atom stereocenters. The van der Waals surface area contributed by atoms with E-state index in [9.17, 15) is 4.79 Å². The van der Waals surface area contributed by atoms with Gasteiger partial charge in [-0.3, -0.25) is 4.79 Å². The number of unbranched alkanes of at least 4 members (excludes halogenated alkanes) is 1. The quantitative estimate of drug-likeness (QED) is 0.372. The zero-order chi connectivity index (χ0) is 18.3. The predicted octanol–water partition coefficient (Wildman–Crippen LogP) is 3.36. The van der Waals surface area contributed by atoms with Gasteiger partial charge in [0, 0.05) is 6.54 Å². The first-order chi connectivity index (χ1) is 12.2. The molecule has 0 fully saturated rings. The van der Waals surface area contributed by atoms with Crippen LogP contribution in [-0.4, -0.2) is 30.6 Å². The minimum absolute atomic E-state index is 0.0565. The van der Waals surface area contributed by atoms with Crippen LogP contribution in [-0.2, 0) is 16.0 Å². The van der Waals surface area contributed by atoms with Gasteiger partial charge in [-0.05, 0) is 30.3 Å². The van der Waals surface area contributed by atoms with Crippen molar-refractivity contribution in [3.8, 4) is 12.1 Å². The maximum Gasteiger partial charge on any atom is 0.310 e. The molecule has 1 rings (SSSR count). The Morgan fingerprint density at radius 3 is 2.56 bits per heavy atom. The van der Waals surface area contributed by atoms with Crippen molar-refractivity contribution in [2.75, 3.05) is 19.7 Å². The average Bonchev–Trinajstić information content (AvgIpc) is 2.63. The molecular weight excluding hydrogens is 314 g/mol. The van der Waals surface area contributed by atoms with E-state index in [-0.39, 0.29) is 18.0 Å². The van der Waals surface area contributed by atoms with Crippen LogP contribution in [0, 0.1) is 22.7 Å². The molecule has 0 aliphatic carbocycles. The zero-order valence-corrected chi connectivity index (χ0v) is 14.5. The van der Waals surface area contributed by atoms with Crippen LogP contribution in [0.2, 0.25) is 0 Å². The Labute approximate surface area is 149 Å². The Kier molecular flexibility index (Phi) is 9.90. The highest BCUT2D eigenvalue weighted by Crippen LogP contribution is 2.02. The molecule has 1 aromatic carbocycles. The third-order valence-electron chi connectivity index (χ3n) is 3.43. The van der Waals surface area contributed by atoms with Crippen molar-refractivity contribution >= 4 is 5.97 Å². The number of esters is 1. The lowest BCUT2D eigenvalue weighted by Gasteiger charge is -2.19. The molecule has 25 heavy (non-hydrogen) atoms.